The van der Waals surface area contributed by atoms with Crippen LogP contribution in [0.3, 0.4) is 0 Å². The molecule has 7 nitrogen and oxygen atoms in total. The van der Waals surface area contributed by atoms with E-state index in [0.29, 0.717) is 32.8 Å². The zero-order chi connectivity index (χ0) is 18.5. The molecule has 1 aromatic rings. The van der Waals surface area contributed by atoms with Gasteiger partial charge in [-0.25, -0.2) is 9.78 Å². The van der Waals surface area contributed by atoms with E-state index in [2.05, 4.69) is 9.88 Å². The van der Waals surface area contributed by atoms with E-state index in [1.807, 2.05) is 11.8 Å². The fourth-order valence-corrected chi connectivity index (χ4v) is 4.55. The van der Waals surface area contributed by atoms with Crippen LogP contribution in [0.4, 0.5) is 4.79 Å². The lowest BCUT2D eigenvalue weighted by Crippen LogP contribution is -2.50. The number of ether oxygens (including phenoxy) is 1. The Balaban J connectivity index is 1.57. The molecule has 3 heterocycles. The van der Waals surface area contributed by atoms with Gasteiger partial charge in [0.15, 0.2) is 0 Å². The summed E-state index contributed by atoms with van der Waals surface area (Å²) in [5, 5.41) is 1.03. The van der Waals surface area contributed by atoms with Crippen molar-refractivity contribution in [3.63, 3.8) is 0 Å². The van der Waals surface area contributed by atoms with Gasteiger partial charge in [-0.2, -0.15) is 0 Å². The molecular weight excluding hydrogens is 352 g/mol. The predicted octanol–water partition coefficient (Wildman–Crippen LogP) is 2.35. The highest BCUT2D eigenvalue weighted by atomic mass is 32.1. The second kappa shape index (κ2) is 8.81. The third-order valence-corrected chi connectivity index (χ3v) is 6.07. The van der Waals surface area contributed by atoms with Crippen LogP contribution in [-0.4, -0.2) is 77.6 Å². The van der Waals surface area contributed by atoms with Crippen LogP contribution in [0.15, 0.2) is 0 Å². The van der Waals surface area contributed by atoms with Crippen LogP contribution in [0.5, 0.6) is 0 Å². The minimum absolute atomic E-state index is 0.0356. The van der Waals surface area contributed by atoms with E-state index in [9.17, 15) is 9.59 Å². The molecule has 0 radical (unpaired) electrons. The van der Waals surface area contributed by atoms with Gasteiger partial charge in [-0.15, -0.1) is 11.3 Å². The molecule has 2 fully saturated rings. The van der Waals surface area contributed by atoms with Crippen molar-refractivity contribution in [1.29, 1.82) is 0 Å². The zero-order valence-corrected chi connectivity index (χ0v) is 16.5. The Kier molecular flexibility index (Phi) is 6.48. The molecule has 0 saturated carbocycles. The first-order chi connectivity index (χ1) is 12.6. The Morgan fingerprint density at radius 1 is 1.04 bits per heavy atom. The average Bonchev–Trinajstić information content (AvgIpc) is 3.02. The summed E-state index contributed by atoms with van der Waals surface area (Å²) < 4.78 is 5.03. The fraction of sp³-hybridized carbons (Fsp3) is 0.722. The minimum Gasteiger partial charge on any atom is -0.450 e. The minimum atomic E-state index is -0.294. The monoisotopic (exact) mass is 380 g/mol. The van der Waals surface area contributed by atoms with E-state index in [4.69, 9.17) is 4.74 Å². The molecule has 3 rings (SSSR count). The van der Waals surface area contributed by atoms with Crippen molar-refractivity contribution < 1.29 is 14.3 Å². The molecule has 0 aromatic carbocycles. The molecule has 26 heavy (non-hydrogen) atoms. The first-order valence-electron chi connectivity index (χ1n) is 9.48. The lowest BCUT2D eigenvalue weighted by Gasteiger charge is -2.33. The summed E-state index contributed by atoms with van der Waals surface area (Å²) in [6.07, 6.45) is 3.52. The Morgan fingerprint density at radius 3 is 2.35 bits per heavy atom. The molecule has 0 N–H and O–H groups in total. The van der Waals surface area contributed by atoms with Crippen molar-refractivity contribution in [2.45, 2.75) is 39.7 Å². The number of thiazole rings is 1. The smallest absolute Gasteiger partial charge is 0.409 e. The van der Waals surface area contributed by atoms with Crippen LogP contribution in [0, 0.1) is 6.92 Å². The topological polar surface area (TPSA) is 66.0 Å². The summed E-state index contributed by atoms with van der Waals surface area (Å²) in [6, 6.07) is 0. The number of amides is 2. The lowest BCUT2D eigenvalue weighted by atomic mass is 10.1. The quantitative estimate of drug-likeness (QED) is 0.802. The molecule has 0 aliphatic carbocycles. The number of carbonyl (C=O) groups excluding carboxylic acids is 2. The van der Waals surface area contributed by atoms with Gasteiger partial charge in [0.05, 0.1) is 18.8 Å². The number of rotatable bonds is 4. The van der Waals surface area contributed by atoms with E-state index in [1.165, 1.54) is 30.6 Å². The Hall–Kier alpha value is -1.67. The largest absolute Gasteiger partial charge is 0.450 e. The van der Waals surface area contributed by atoms with Crippen molar-refractivity contribution in [1.82, 2.24) is 19.7 Å². The van der Waals surface area contributed by atoms with Crippen LogP contribution in [0.2, 0.25) is 0 Å². The fourth-order valence-electron chi connectivity index (χ4n) is 3.48. The van der Waals surface area contributed by atoms with Gasteiger partial charge in [-0.3, -0.25) is 9.69 Å². The van der Waals surface area contributed by atoms with Gasteiger partial charge in [0, 0.05) is 26.2 Å². The number of likely N-dealkylation sites (tertiary alicyclic amines) is 1. The highest BCUT2D eigenvalue weighted by Gasteiger charge is 2.28. The van der Waals surface area contributed by atoms with Gasteiger partial charge < -0.3 is 14.5 Å². The molecule has 2 aliphatic rings. The molecule has 8 heteroatoms. The van der Waals surface area contributed by atoms with Crippen molar-refractivity contribution in [2.24, 2.45) is 0 Å². The van der Waals surface area contributed by atoms with Crippen LogP contribution in [-0.2, 0) is 11.3 Å². The summed E-state index contributed by atoms with van der Waals surface area (Å²) in [4.78, 5) is 35.9. The highest BCUT2D eigenvalue weighted by molar-refractivity contribution is 7.13. The van der Waals surface area contributed by atoms with Gasteiger partial charge in [-0.1, -0.05) is 6.42 Å². The molecule has 2 saturated heterocycles. The van der Waals surface area contributed by atoms with Crippen molar-refractivity contribution in [2.75, 3.05) is 45.9 Å². The molecular formula is C18H28N4O3S. The Morgan fingerprint density at radius 2 is 1.69 bits per heavy atom. The van der Waals surface area contributed by atoms with Crippen LogP contribution in [0.25, 0.3) is 0 Å². The predicted molar refractivity (Wildman–Crippen MR) is 100 cm³/mol. The summed E-state index contributed by atoms with van der Waals surface area (Å²) in [5.74, 6) is 0.0356. The standard InChI is InChI=1S/C18H28N4O3S/c1-3-25-18(24)22-11-9-21(10-12-22)17(23)16-14(2)19-15(26-16)13-20-7-5-4-6-8-20/h3-13H2,1-2H3. The third-order valence-electron chi connectivity index (χ3n) is 4.94. The molecule has 2 amide bonds. The molecule has 0 spiro atoms. The van der Waals surface area contributed by atoms with Gasteiger partial charge in [0.25, 0.3) is 5.91 Å². The van der Waals surface area contributed by atoms with Gasteiger partial charge in [0.1, 0.15) is 9.88 Å². The van der Waals surface area contributed by atoms with Crippen LogP contribution >= 0.6 is 11.3 Å². The summed E-state index contributed by atoms with van der Waals surface area (Å²) in [6.45, 7) is 9.28. The van der Waals surface area contributed by atoms with Crippen molar-refractivity contribution in [3.05, 3.63) is 15.6 Å². The van der Waals surface area contributed by atoms with E-state index in [0.717, 1.165) is 35.2 Å². The molecule has 144 valence electrons. The van der Waals surface area contributed by atoms with E-state index in [-0.39, 0.29) is 12.0 Å². The third kappa shape index (κ3) is 4.54. The number of aryl methyl sites for hydroxylation is 1. The van der Waals surface area contributed by atoms with Crippen LogP contribution < -0.4 is 0 Å². The number of piperazine rings is 1. The number of hydrogen-bond donors (Lipinski definition) is 0. The molecule has 2 aliphatic heterocycles. The number of carbonyl (C=O) groups is 2. The second-order valence-electron chi connectivity index (χ2n) is 6.84. The normalized spacial score (nSPS) is 18.8. The second-order valence-corrected chi connectivity index (χ2v) is 7.92. The number of piperidine rings is 1. The summed E-state index contributed by atoms with van der Waals surface area (Å²) in [5.41, 5.74) is 0.819. The number of hydrogen-bond acceptors (Lipinski definition) is 6. The maximum Gasteiger partial charge on any atom is 0.409 e. The van der Waals surface area contributed by atoms with Crippen molar-refractivity contribution in [3.8, 4) is 0 Å². The maximum atomic E-state index is 12.9. The van der Waals surface area contributed by atoms with Gasteiger partial charge in [0.2, 0.25) is 0 Å². The van der Waals surface area contributed by atoms with E-state index < -0.39 is 0 Å². The first kappa shape index (κ1) is 19.1. The molecule has 0 atom stereocenters. The van der Waals surface area contributed by atoms with Crippen LogP contribution in [0.1, 0.15) is 46.6 Å². The van der Waals surface area contributed by atoms with E-state index >= 15 is 0 Å². The molecule has 0 unspecified atom stereocenters. The van der Waals surface area contributed by atoms with Gasteiger partial charge in [-0.05, 0) is 39.8 Å². The SMILES string of the molecule is CCOC(=O)N1CCN(C(=O)c2sc(CN3CCCCC3)nc2C)CC1. The summed E-state index contributed by atoms with van der Waals surface area (Å²) >= 11 is 1.52. The Labute approximate surface area is 158 Å². The lowest BCUT2D eigenvalue weighted by molar-refractivity contribution is 0.0573. The Bertz CT molecular complexity index is 634. The molecule has 1 aromatic heterocycles. The zero-order valence-electron chi connectivity index (χ0n) is 15.7. The highest BCUT2D eigenvalue weighted by Crippen LogP contribution is 2.23. The van der Waals surface area contributed by atoms with E-state index in [1.54, 1.807) is 11.8 Å². The number of aromatic nitrogens is 1. The number of nitrogens with zero attached hydrogens (tertiary/aromatic N) is 4. The maximum absolute atomic E-state index is 12.9. The summed E-state index contributed by atoms with van der Waals surface area (Å²) in [7, 11) is 0. The van der Waals surface area contributed by atoms with Gasteiger partial charge >= 0.3 is 6.09 Å². The first-order valence-corrected chi connectivity index (χ1v) is 10.3. The van der Waals surface area contributed by atoms with Crippen molar-refractivity contribution >= 4 is 23.3 Å². The molecule has 0 bridgehead atoms. The average molecular weight is 381 g/mol.